The molecule has 28 heavy (non-hydrogen) atoms. The Morgan fingerprint density at radius 1 is 1.21 bits per heavy atom. The second-order valence-electron chi connectivity index (χ2n) is 5.71. The molecule has 1 aromatic carbocycles. The molecule has 0 fully saturated rings. The summed E-state index contributed by atoms with van der Waals surface area (Å²) in [5.74, 6) is -2.41. The monoisotopic (exact) mass is 421 g/mol. The fourth-order valence-corrected chi connectivity index (χ4v) is 2.81. The fraction of sp³-hybridized carbons (Fsp3) is 0.118. The van der Waals surface area contributed by atoms with Crippen LogP contribution in [0.1, 0.15) is 16.1 Å². The maximum absolute atomic E-state index is 11.8. The number of halogens is 2. The minimum Gasteiger partial charge on any atom is -0.505 e. The van der Waals surface area contributed by atoms with Crippen molar-refractivity contribution in [2.45, 2.75) is 6.54 Å². The topological polar surface area (TPSA) is 130 Å². The van der Waals surface area contributed by atoms with E-state index in [0.29, 0.717) is 27.8 Å². The fourth-order valence-electron chi connectivity index (χ4n) is 2.34. The maximum Gasteiger partial charge on any atom is 0.322 e. The van der Waals surface area contributed by atoms with Crippen LogP contribution in [0, 0.1) is 0 Å². The molecule has 3 N–H and O–H groups in total. The van der Waals surface area contributed by atoms with E-state index in [2.05, 4.69) is 20.6 Å². The molecule has 0 saturated heterocycles. The van der Waals surface area contributed by atoms with Crippen molar-refractivity contribution in [3.8, 4) is 17.0 Å². The highest BCUT2D eigenvalue weighted by Crippen LogP contribution is 2.24. The van der Waals surface area contributed by atoms with Crippen molar-refractivity contribution in [3.63, 3.8) is 0 Å². The lowest BCUT2D eigenvalue weighted by molar-refractivity contribution is -0.135. The van der Waals surface area contributed by atoms with Crippen LogP contribution in [0.25, 0.3) is 11.3 Å². The van der Waals surface area contributed by atoms with Crippen LogP contribution < -0.4 is 5.32 Å². The molecule has 9 nitrogen and oxygen atoms in total. The highest BCUT2D eigenvalue weighted by atomic mass is 35.5. The molecule has 0 saturated carbocycles. The predicted octanol–water partition coefficient (Wildman–Crippen LogP) is 2.22. The third-order valence-corrected chi connectivity index (χ3v) is 4.25. The molecule has 1 amide bonds. The minimum absolute atomic E-state index is 0.287. The molecular formula is C17H13Cl2N5O4. The number of amides is 1. The van der Waals surface area contributed by atoms with E-state index in [4.69, 9.17) is 28.3 Å². The van der Waals surface area contributed by atoms with Crippen LogP contribution in [0.5, 0.6) is 5.75 Å². The van der Waals surface area contributed by atoms with Gasteiger partial charge in [0.1, 0.15) is 18.0 Å². The van der Waals surface area contributed by atoms with Gasteiger partial charge in [-0.1, -0.05) is 34.5 Å². The number of hydrogen-bond acceptors (Lipinski definition) is 6. The van der Waals surface area contributed by atoms with Crippen LogP contribution in [0.4, 0.5) is 0 Å². The number of aromatic nitrogens is 4. The van der Waals surface area contributed by atoms with Crippen molar-refractivity contribution in [2.24, 2.45) is 0 Å². The Hall–Kier alpha value is -3.17. The number of nitrogens with one attached hydrogen (secondary N) is 1. The Morgan fingerprint density at radius 3 is 2.68 bits per heavy atom. The van der Waals surface area contributed by atoms with Crippen molar-refractivity contribution >= 4 is 35.1 Å². The smallest absolute Gasteiger partial charge is 0.322 e. The van der Waals surface area contributed by atoms with Crippen molar-refractivity contribution in [1.82, 2.24) is 25.3 Å². The average molecular weight is 422 g/mol. The van der Waals surface area contributed by atoms with Gasteiger partial charge in [0.05, 0.1) is 12.7 Å². The van der Waals surface area contributed by atoms with Crippen LogP contribution in [-0.4, -0.2) is 48.6 Å². The van der Waals surface area contributed by atoms with E-state index in [1.165, 1.54) is 12.3 Å². The second kappa shape index (κ2) is 8.24. The highest BCUT2D eigenvalue weighted by Gasteiger charge is 2.16. The summed E-state index contributed by atoms with van der Waals surface area (Å²) in [6.45, 7) is -0.221. The van der Waals surface area contributed by atoms with Gasteiger partial charge in [0, 0.05) is 21.8 Å². The number of carboxylic acids is 1. The van der Waals surface area contributed by atoms with Crippen molar-refractivity contribution < 1.29 is 19.8 Å². The van der Waals surface area contributed by atoms with Gasteiger partial charge in [-0.05, 0) is 23.8 Å². The summed E-state index contributed by atoms with van der Waals surface area (Å²) in [5, 5.41) is 29.8. The molecule has 0 unspecified atom stereocenters. The molecule has 144 valence electrons. The Balaban J connectivity index is 1.76. The standard InChI is InChI=1S/C17H13Cl2N5O4/c18-11-2-1-9(12(19)4-11)7-24-8-13(22-23-24)10-3-14(25)16(20-5-10)17(28)21-6-15(26)27/h1-5,8,25H,6-7H2,(H,21,28)(H,26,27). The molecule has 0 radical (unpaired) electrons. The van der Waals surface area contributed by atoms with E-state index in [1.807, 2.05) is 0 Å². The zero-order valence-electron chi connectivity index (χ0n) is 14.1. The summed E-state index contributed by atoms with van der Waals surface area (Å²) in [7, 11) is 0. The third-order valence-electron chi connectivity index (χ3n) is 3.66. The molecule has 0 aliphatic carbocycles. The normalized spacial score (nSPS) is 10.6. The quantitative estimate of drug-likeness (QED) is 0.555. The number of benzene rings is 1. The van der Waals surface area contributed by atoms with Gasteiger partial charge in [0.25, 0.3) is 5.91 Å². The summed E-state index contributed by atoms with van der Waals surface area (Å²) < 4.78 is 1.55. The third kappa shape index (κ3) is 4.56. The SMILES string of the molecule is O=C(O)CNC(=O)c1ncc(-c2cn(Cc3ccc(Cl)cc3Cl)nn2)cc1O. The lowest BCUT2D eigenvalue weighted by atomic mass is 10.2. The van der Waals surface area contributed by atoms with Gasteiger partial charge >= 0.3 is 5.97 Å². The molecule has 0 atom stereocenters. The first-order valence-corrected chi connectivity index (χ1v) is 8.62. The summed E-state index contributed by atoms with van der Waals surface area (Å²) >= 11 is 12.0. The van der Waals surface area contributed by atoms with Crippen LogP contribution in [0.2, 0.25) is 10.0 Å². The zero-order chi connectivity index (χ0) is 20.3. The van der Waals surface area contributed by atoms with Crippen molar-refractivity contribution in [3.05, 3.63) is 58.0 Å². The summed E-state index contributed by atoms with van der Waals surface area (Å²) in [4.78, 5) is 26.2. The molecular weight excluding hydrogens is 409 g/mol. The van der Waals surface area contributed by atoms with E-state index in [9.17, 15) is 14.7 Å². The van der Waals surface area contributed by atoms with E-state index >= 15 is 0 Å². The lowest BCUT2D eigenvalue weighted by Gasteiger charge is -2.05. The van der Waals surface area contributed by atoms with Crippen LogP contribution in [0.3, 0.4) is 0 Å². The molecule has 0 spiro atoms. The first kappa shape index (κ1) is 19.6. The number of aromatic hydroxyl groups is 1. The molecule has 2 heterocycles. The number of nitrogens with zero attached hydrogens (tertiary/aromatic N) is 4. The molecule has 0 aliphatic heterocycles. The summed E-state index contributed by atoms with van der Waals surface area (Å²) in [6.07, 6.45) is 2.96. The molecule has 3 rings (SSSR count). The number of hydrogen-bond donors (Lipinski definition) is 3. The Bertz CT molecular complexity index is 1050. The first-order valence-electron chi connectivity index (χ1n) is 7.87. The van der Waals surface area contributed by atoms with E-state index in [0.717, 1.165) is 5.56 Å². The molecule has 0 aliphatic rings. The molecule has 2 aromatic heterocycles. The van der Waals surface area contributed by atoms with Crippen LogP contribution in [-0.2, 0) is 11.3 Å². The van der Waals surface area contributed by atoms with Gasteiger partial charge in [0.15, 0.2) is 5.69 Å². The van der Waals surface area contributed by atoms with E-state index < -0.39 is 24.2 Å². The largest absolute Gasteiger partial charge is 0.505 e. The average Bonchev–Trinajstić information content (AvgIpc) is 3.10. The van der Waals surface area contributed by atoms with E-state index in [1.54, 1.807) is 29.1 Å². The Labute approximate surface area is 168 Å². The number of carbonyl (C=O) groups is 2. The van der Waals surface area contributed by atoms with Gasteiger partial charge in [-0.2, -0.15) is 0 Å². The Kier molecular flexibility index (Phi) is 5.76. The van der Waals surface area contributed by atoms with E-state index in [-0.39, 0.29) is 5.69 Å². The summed E-state index contributed by atoms with van der Waals surface area (Å²) in [5.41, 5.74) is 1.37. The van der Waals surface area contributed by atoms with Crippen molar-refractivity contribution in [2.75, 3.05) is 6.54 Å². The molecule has 11 heteroatoms. The van der Waals surface area contributed by atoms with Gasteiger partial charge in [-0.3, -0.25) is 9.59 Å². The zero-order valence-corrected chi connectivity index (χ0v) is 15.6. The maximum atomic E-state index is 11.8. The number of carbonyl (C=O) groups excluding carboxylic acids is 1. The number of rotatable bonds is 6. The van der Waals surface area contributed by atoms with Gasteiger partial charge in [0.2, 0.25) is 0 Å². The second-order valence-corrected chi connectivity index (χ2v) is 6.55. The summed E-state index contributed by atoms with van der Waals surface area (Å²) in [6, 6.07) is 6.43. The number of carboxylic acid groups (broad SMARTS) is 1. The van der Waals surface area contributed by atoms with Crippen molar-refractivity contribution in [1.29, 1.82) is 0 Å². The minimum atomic E-state index is -1.21. The lowest BCUT2D eigenvalue weighted by Crippen LogP contribution is -2.29. The highest BCUT2D eigenvalue weighted by molar-refractivity contribution is 6.35. The van der Waals surface area contributed by atoms with Gasteiger partial charge < -0.3 is 15.5 Å². The first-order chi connectivity index (χ1) is 13.3. The predicted molar refractivity (Wildman–Crippen MR) is 100 cm³/mol. The van der Waals surface area contributed by atoms with Crippen LogP contribution >= 0.6 is 23.2 Å². The van der Waals surface area contributed by atoms with Crippen LogP contribution in [0.15, 0.2) is 36.7 Å². The van der Waals surface area contributed by atoms with Gasteiger partial charge in [-0.25, -0.2) is 9.67 Å². The molecule has 0 bridgehead atoms. The van der Waals surface area contributed by atoms with Gasteiger partial charge in [-0.15, -0.1) is 5.10 Å². The number of aliphatic carboxylic acids is 1. The molecule has 3 aromatic rings. The number of pyridine rings is 1. The Morgan fingerprint density at radius 2 is 2.00 bits per heavy atom.